The molecule has 0 unspecified atom stereocenters. The van der Waals surface area contributed by atoms with Crippen molar-refractivity contribution in [2.75, 3.05) is 26.4 Å². The van der Waals surface area contributed by atoms with E-state index in [4.69, 9.17) is 14.0 Å². The summed E-state index contributed by atoms with van der Waals surface area (Å²) in [6, 6.07) is 1.83. The average molecular weight is 270 g/mol. The lowest BCUT2D eigenvalue weighted by atomic mass is 10.4. The molecular weight excluding hydrogens is 244 g/mol. The van der Waals surface area contributed by atoms with Crippen LogP contribution in [0.4, 0.5) is 0 Å². The van der Waals surface area contributed by atoms with Gasteiger partial charge in [-0.1, -0.05) is 26.7 Å². The Morgan fingerprint density at radius 1 is 1.16 bits per heavy atom. The van der Waals surface area contributed by atoms with E-state index in [1.54, 1.807) is 0 Å². The minimum atomic E-state index is 0.574. The Hall–Kier alpha value is -1.07. The molecule has 0 saturated carbocycles. The summed E-state index contributed by atoms with van der Waals surface area (Å²) in [5.74, 6) is 1.37. The van der Waals surface area contributed by atoms with Crippen LogP contribution in [0.1, 0.15) is 45.3 Å². The molecule has 1 heterocycles. The molecule has 0 radical (unpaired) electrons. The number of aromatic nitrogens is 1. The molecule has 0 atom stereocenters. The molecule has 0 fully saturated rings. The highest BCUT2D eigenvalue weighted by atomic mass is 16.5. The van der Waals surface area contributed by atoms with E-state index in [0.29, 0.717) is 19.0 Å². The van der Waals surface area contributed by atoms with E-state index in [0.717, 1.165) is 44.8 Å². The van der Waals surface area contributed by atoms with Crippen LogP contribution in [-0.4, -0.2) is 31.5 Å². The lowest BCUT2D eigenvalue weighted by molar-refractivity contribution is 0.132. The molecule has 110 valence electrons. The summed E-state index contributed by atoms with van der Waals surface area (Å²) < 4.78 is 16.1. The second kappa shape index (κ2) is 10.8. The van der Waals surface area contributed by atoms with Crippen molar-refractivity contribution in [2.45, 2.75) is 46.1 Å². The van der Waals surface area contributed by atoms with Crippen molar-refractivity contribution in [3.8, 4) is 5.88 Å². The maximum atomic E-state index is 5.45. The summed E-state index contributed by atoms with van der Waals surface area (Å²) in [5.41, 5.74) is 0. The van der Waals surface area contributed by atoms with Crippen molar-refractivity contribution in [3.05, 3.63) is 11.8 Å². The number of rotatable bonds is 12. The highest BCUT2D eigenvalue weighted by Crippen LogP contribution is 2.11. The van der Waals surface area contributed by atoms with Crippen molar-refractivity contribution >= 4 is 0 Å². The van der Waals surface area contributed by atoms with E-state index in [9.17, 15) is 0 Å². The first-order valence-corrected chi connectivity index (χ1v) is 7.23. The quantitative estimate of drug-likeness (QED) is 0.592. The van der Waals surface area contributed by atoms with Gasteiger partial charge in [0, 0.05) is 19.2 Å². The summed E-state index contributed by atoms with van der Waals surface area (Å²) >= 11 is 0. The molecule has 0 aliphatic carbocycles. The Morgan fingerprint density at radius 2 is 1.95 bits per heavy atom. The van der Waals surface area contributed by atoms with Gasteiger partial charge in [0.05, 0.1) is 19.8 Å². The monoisotopic (exact) mass is 270 g/mol. The van der Waals surface area contributed by atoms with Gasteiger partial charge in [0.1, 0.15) is 0 Å². The van der Waals surface area contributed by atoms with Gasteiger partial charge in [-0.3, -0.25) is 0 Å². The van der Waals surface area contributed by atoms with Gasteiger partial charge in [-0.25, -0.2) is 0 Å². The summed E-state index contributed by atoms with van der Waals surface area (Å²) in [6.45, 7) is 8.03. The van der Waals surface area contributed by atoms with Crippen molar-refractivity contribution < 1.29 is 14.0 Å². The molecular formula is C14H26N2O3. The van der Waals surface area contributed by atoms with Gasteiger partial charge >= 0.3 is 0 Å². The van der Waals surface area contributed by atoms with E-state index in [1.165, 1.54) is 6.42 Å². The molecule has 0 aromatic carbocycles. The van der Waals surface area contributed by atoms with E-state index in [2.05, 4.69) is 24.3 Å². The highest BCUT2D eigenvalue weighted by molar-refractivity contribution is 5.10. The fraction of sp³-hybridized carbons (Fsp3) is 0.786. The predicted octanol–water partition coefficient (Wildman–Crippen LogP) is 2.76. The van der Waals surface area contributed by atoms with Gasteiger partial charge in [0.15, 0.2) is 5.76 Å². The third kappa shape index (κ3) is 7.85. The number of ether oxygens (including phenoxy) is 2. The Kier molecular flexibility index (Phi) is 9.10. The van der Waals surface area contributed by atoms with Gasteiger partial charge in [-0.05, 0) is 18.0 Å². The van der Waals surface area contributed by atoms with Gasteiger partial charge < -0.3 is 19.3 Å². The first kappa shape index (κ1) is 16.0. The summed E-state index contributed by atoms with van der Waals surface area (Å²) in [4.78, 5) is 0. The standard InChI is InChI=1S/C14H26N2O3/c1-3-5-8-17-10-7-15-12-13-11-14(16-19-13)18-9-6-4-2/h11,15H,3-10,12H2,1-2H3. The SMILES string of the molecule is CCCCOCCNCc1cc(OCCCC)no1. The molecule has 0 aliphatic rings. The highest BCUT2D eigenvalue weighted by Gasteiger charge is 2.04. The summed E-state index contributed by atoms with van der Waals surface area (Å²) in [7, 11) is 0. The van der Waals surface area contributed by atoms with E-state index in [-0.39, 0.29) is 0 Å². The fourth-order valence-electron chi connectivity index (χ4n) is 1.47. The number of hydrogen-bond acceptors (Lipinski definition) is 5. The summed E-state index contributed by atoms with van der Waals surface area (Å²) in [6.07, 6.45) is 4.45. The van der Waals surface area contributed by atoms with Crippen LogP contribution >= 0.6 is 0 Å². The second-order valence-electron chi connectivity index (χ2n) is 4.48. The predicted molar refractivity (Wildman–Crippen MR) is 74.3 cm³/mol. The molecule has 0 saturated heterocycles. The van der Waals surface area contributed by atoms with Crippen LogP contribution in [0.25, 0.3) is 0 Å². The smallest absolute Gasteiger partial charge is 0.254 e. The lowest BCUT2D eigenvalue weighted by Crippen LogP contribution is -2.19. The third-order valence-electron chi connectivity index (χ3n) is 2.65. The zero-order valence-corrected chi connectivity index (χ0v) is 12.1. The molecule has 1 aromatic rings. The maximum absolute atomic E-state index is 5.45. The lowest BCUT2D eigenvalue weighted by Gasteiger charge is -2.03. The first-order valence-electron chi connectivity index (χ1n) is 7.23. The zero-order chi connectivity index (χ0) is 13.8. The van der Waals surface area contributed by atoms with Gasteiger partial charge in [-0.15, -0.1) is 0 Å². The molecule has 0 aliphatic heterocycles. The Bertz CT molecular complexity index is 315. The Balaban J connectivity index is 2.03. The number of hydrogen-bond donors (Lipinski definition) is 1. The molecule has 1 rings (SSSR count). The average Bonchev–Trinajstić information content (AvgIpc) is 2.86. The molecule has 1 N–H and O–H groups in total. The molecule has 19 heavy (non-hydrogen) atoms. The van der Waals surface area contributed by atoms with Crippen molar-refractivity contribution in [1.29, 1.82) is 0 Å². The van der Waals surface area contributed by atoms with Crippen molar-refractivity contribution in [3.63, 3.8) is 0 Å². The van der Waals surface area contributed by atoms with Gasteiger partial charge in [-0.2, -0.15) is 0 Å². The summed E-state index contributed by atoms with van der Waals surface area (Å²) in [5, 5.41) is 7.10. The molecule has 5 nitrogen and oxygen atoms in total. The van der Waals surface area contributed by atoms with Gasteiger partial charge in [0.2, 0.25) is 0 Å². The molecule has 1 aromatic heterocycles. The van der Waals surface area contributed by atoms with Crippen molar-refractivity contribution in [2.24, 2.45) is 0 Å². The fourth-order valence-corrected chi connectivity index (χ4v) is 1.47. The second-order valence-corrected chi connectivity index (χ2v) is 4.48. The number of unbranched alkanes of at least 4 members (excludes halogenated alkanes) is 2. The van der Waals surface area contributed by atoms with Crippen LogP contribution in [0.5, 0.6) is 5.88 Å². The van der Waals surface area contributed by atoms with E-state index < -0.39 is 0 Å². The van der Waals surface area contributed by atoms with Crippen LogP contribution in [0.3, 0.4) is 0 Å². The number of nitrogens with one attached hydrogen (secondary N) is 1. The van der Waals surface area contributed by atoms with Gasteiger partial charge in [0.25, 0.3) is 5.88 Å². The maximum Gasteiger partial charge on any atom is 0.254 e. The Morgan fingerprint density at radius 3 is 2.74 bits per heavy atom. The Labute approximate surface area is 115 Å². The van der Waals surface area contributed by atoms with Crippen LogP contribution in [0.2, 0.25) is 0 Å². The van der Waals surface area contributed by atoms with Crippen molar-refractivity contribution in [1.82, 2.24) is 10.5 Å². The molecule has 0 bridgehead atoms. The minimum absolute atomic E-state index is 0.574. The van der Waals surface area contributed by atoms with E-state index in [1.807, 2.05) is 6.07 Å². The zero-order valence-electron chi connectivity index (χ0n) is 12.1. The van der Waals surface area contributed by atoms with Crippen LogP contribution in [-0.2, 0) is 11.3 Å². The van der Waals surface area contributed by atoms with Crippen LogP contribution < -0.4 is 10.1 Å². The van der Waals surface area contributed by atoms with E-state index >= 15 is 0 Å². The van der Waals surface area contributed by atoms with Crippen LogP contribution in [0, 0.1) is 0 Å². The topological polar surface area (TPSA) is 56.5 Å². The molecule has 0 spiro atoms. The first-order chi connectivity index (χ1) is 9.36. The minimum Gasteiger partial charge on any atom is -0.476 e. The largest absolute Gasteiger partial charge is 0.476 e. The normalized spacial score (nSPS) is 10.8. The number of nitrogens with zero attached hydrogens (tertiary/aromatic N) is 1. The van der Waals surface area contributed by atoms with Crippen LogP contribution in [0.15, 0.2) is 10.6 Å². The third-order valence-corrected chi connectivity index (χ3v) is 2.65. The molecule has 5 heteroatoms. The molecule has 0 amide bonds.